The minimum absolute atomic E-state index is 0.0341. The lowest BCUT2D eigenvalue weighted by molar-refractivity contribution is -0.115. The van der Waals surface area contributed by atoms with Crippen molar-refractivity contribution >= 4 is 34.5 Å². The maximum atomic E-state index is 12.2. The van der Waals surface area contributed by atoms with E-state index in [0.717, 1.165) is 16.2 Å². The van der Waals surface area contributed by atoms with Crippen LogP contribution in [0.4, 0.5) is 5.69 Å². The fourth-order valence-electron chi connectivity index (χ4n) is 2.77. The van der Waals surface area contributed by atoms with Crippen LogP contribution in [0.5, 0.6) is 0 Å². The van der Waals surface area contributed by atoms with Gasteiger partial charge in [-0.05, 0) is 37.1 Å². The number of anilines is 1. The Morgan fingerprint density at radius 3 is 2.74 bits per heavy atom. The van der Waals surface area contributed by atoms with Gasteiger partial charge >= 0.3 is 0 Å². The van der Waals surface area contributed by atoms with Gasteiger partial charge in [0.2, 0.25) is 5.91 Å². The Hall–Kier alpha value is -1.59. The zero-order chi connectivity index (χ0) is 16.2. The second-order valence-electron chi connectivity index (χ2n) is 5.87. The van der Waals surface area contributed by atoms with Gasteiger partial charge in [0, 0.05) is 28.8 Å². The number of carbonyl (C=O) groups excluding carboxylic acids is 1. The van der Waals surface area contributed by atoms with E-state index in [0.29, 0.717) is 17.5 Å². The molecule has 1 amide bonds. The van der Waals surface area contributed by atoms with Gasteiger partial charge in [0.1, 0.15) is 0 Å². The Kier molecular flexibility index (Phi) is 5.18. The van der Waals surface area contributed by atoms with E-state index in [1.807, 2.05) is 17.0 Å². The van der Waals surface area contributed by atoms with Gasteiger partial charge in [-0.15, -0.1) is 11.3 Å². The van der Waals surface area contributed by atoms with Crippen LogP contribution >= 0.6 is 22.9 Å². The summed E-state index contributed by atoms with van der Waals surface area (Å²) in [4.78, 5) is 18.0. The second-order valence-corrected chi connectivity index (χ2v) is 7.14. The van der Waals surface area contributed by atoms with Crippen LogP contribution in [0.3, 0.4) is 0 Å². The van der Waals surface area contributed by atoms with Crippen LogP contribution in [0.1, 0.15) is 31.4 Å². The third kappa shape index (κ3) is 4.24. The highest BCUT2D eigenvalue weighted by molar-refractivity contribution is 7.07. The number of nitrogens with zero attached hydrogens (tertiary/aromatic N) is 2. The van der Waals surface area contributed by atoms with Gasteiger partial charge in [-0.2, -0.15) is 0 Å². The highest BCUT2D eigenvalue weighted by Crippen LogP contribution is 2.20. The molecule has 1 N–H and O–H groups in total. The Morgan fingerprint density at radius 2 is 2.04 bits per heavy atom. The summed E-state index contributed by atoms with van der Waals surface area (Å²) in [6, 6.07) is 7.58. The number of thiazole rings is 1. The molecule has 3 rings (SSSR count). The molecule has 0 radical (unpaired) electrons. The zero-order valence-electron chi connectivity index (χ0n) is 13.1. The first kappa shape index (κ1) is 16.3. The summed E-state index contributed by atoms with van der Waals surface area (Å²) in [5.41, 5.74) is 1.74. The number of amides is 1. The molecule has 122 valence electrons. The lowest BCUT2D eigenvalue weighted by atomic mass is 10.3. The molecular weight excluding hydrogens is 330 g/mol. The molecule has 0 atom stereocenters. The summed E-state index contributed by atoms with van der Waals surface area (Å²) in [6.45, 7) is 0. The molecule has 1 aliphatic rings. The summed E-state index contributed by atoms with van der Waals surface area (Å²) in [5.74, 6) is -0.0341. The second kappa shape index (κ2) is 7.32. The molecule has 1 fully saturated rings. The summed E-state index contributed by atoms with van der Waals surface area (Å²) < 4.78 is 2.03. The average molecular weight is 350 g/mol. The molecule has 1 aromatic carbocycles. The first-order chi connectivity index (χ1) is 11.1. The normalized spacial score (nSPS) is 16.0. The number of benzene rings is 1. The van der Waals surface area contributed by atoms with Crippen molar-refractivity contribution in [1.29, 1.82) is 0 Å². The molecule has 0 saturated heterocycles. The van der Waals surface area contributed by atoms with Crippen molar-refractivity contribution in [1.82, 2.24) is 4.57 Å². The Bertz CT molecular complexity index is 742. The fraction of sp³-hybridized carbons (Fsp3) is 0.412. The first-order valence-electron chi connectivity index (χ1n) is 7.84. The van der Waals surface area contributed by atoms with E-state index in [1.54, 1.807) is 35.6 Å². The molecule has 1 saturated carbocycles. The van der Waals surface area contributed by atoms with Crippen molar-refractivity contribution in [3.8, 4) is 0 Å². The number of aromatic nitrogens is 1. The van der Waals surface area contributed by atoms with Gasteiger partial charge in [-0.1, -0.05) is 24.4 Å². The predicted molar refractivity (Wildman–Crippen MR) is 94.9 cm³/mol. The van der Waals surface area contributed by atoms with E-state index in [-0.39, 0.29) is 5.91 Å². The number of hydrogen-bond acceptors (Lipinski definition) is 3. The summed E-state index contributed by atoms with van der Waals surface area (Å²) >= 11 is 7.46. The SMILES string of the molecule is Cn1c(CC(=O)Nc2ccc(Cl)cc2)csc1=NC1CCCC1. The van der Waals surface area contributed by atoms with Crippen molar-refractivity contribution in [3.05, 3.63) is 45.2 Å². The van der Waals surface area contributed by atoms with Crippen LogP contribution < -0.4 is 10.1 Å². The molecular formula is C17H20ClN3OS. The van der Waals surface area contributed by atoms with Gasteiger partial charge in [-0.3, -0.25) is 9.79 Å². The third-order valence-electron chi connectivity index (χ3n) is 4.11. The minimum atomic E-state index is -0.0341. The smallest absolute Gasteiger partial charge is 0.230 e. The van der Waals surface area contributed by atoms with Gasteiger partial charge in [0.25, 0.3) is 0 Å². The van der Waals surface area contributed by atoms with Crippen LogP contribution in [0.2, 0.25) is 5.02 Å². The van der Waals surface area contributed by atoms with Crippen molar-refractivity contribution in [2.45, 2.75) is 38.1 Å². The molecule has 1 heterocycles. The third-order valence-corrected chi connectivity index (χ3v) is 5.34. The van der Waals surface area contributed by atoms with Gasteiger partial charge < -0.3 is 9.88 Å². The predicted octanol–water partition coefficient (Wildman–Crippen LogP) is 3.76. The number of rotatable bonds is 4. The minimum Gasteiger partial charge on any atom is -0.326 e. The van der Waals surface area contributed by atoms with Crippen molar-refractivity contribution in [3.63, 3.8) is 0 Å². The van der Waals surface area contributed by atoms with E-state index >= 15 is 0 Å². The fourth-order valence-corrected chi connectivity index (χ4v) is 3.87. The lowest BCUT2D eigenvalue weighted by Crippen LogP contribution is -2.20. The van der Waals surface area contributed by atoms with Crippen molar-refractivity contribution < 1.29 is 4.79 Å². The number of carbonyl (C=O) groups is 1. The first-order valence-corrected chi connectivity index (χ1v) is 9.10. The standard InChI is InChI=1S/C17H20ClN3OS/c1-21-15(11-23-17(21)20-13-4-2-3-5-13)10-16(22)19-14-8-6-12(18)7-9-14/h6-9,11,13H,2-5,10H2,1H3,(H,19,22). The monoisotopic (exact) mass is 349 g/mol. The summed E-state index contributed by atoms with van der Waals surface area (Å²) in [7, 11) is 1.98. The molecule has 4 nitrogen and oxygen atoms in total. The van der Waals surface area contributed by atoms with E-state index in [1.165, 1.54) is 25.7 Å². The van der Waals surface area contributed by atoms with E-state index in [9.17, 15) is 4.79 Å². The highest BCUT2D eigenvalue weighted by atomic mass is 35.5. The quantitative estimate of drug-likeness (QED) is 0.897. The number of hydrogen-bond donors (Lipinski definition) is 1. The van der Waals surface area contributed by atoms with Crippen molar-refractivity contribution in [2.75, 3.05) is 5.32 Å². The molecule has 1 aliphatic carbocycles. The average Bonchev–Trinajstić information content (AvgIpc) is 3.15. The van der Waals surface area contributed by atoms with Crippen LogP contribution in [-0.2, 0) is 18.3 Å². The molecule has 0 unspecified atom stereocenters. The van der Waals surface area contributed by atoms with Crippen molar-refractivity contribution in [2.24, 2.45) is 12.0 Å². The summed E-state index contributed by atoms with van der Waals surface area (Å²) in [6.07, 6.45) is 5.27. The highest BCUT2D eigenvalue weighted by Gasteiger charge is 2.14. The van der Waals surface area contributed by atoms with E-state index in [4.69, 9.17) is 16.6 Å². The number of nitrogens with one attached hydrogen (secondary N) is 1. The van der Waals surface area contributed by atoms with E-state index in [2.05, 4.69) is 5.32 Å². The van der Waals surface area contributed by atoms with Crippen LogP contribution in [0.25, 0.3) is 0 Å². The zero-order valence-corrected chi connectivity index (χ0v) is 14.7. The Morgan fingerprint density at radius 1 is 1.35 bits per heavy atom. The Labute approximate surface area is 144 Å². The van der Waals surface area contributed by atoms with Crippen LogP contribution in [0, 0.1) is 0 Å². The largest absolute Gasteiger partial charge is 0.326 e. The molecule has 23 heavy (non-hydrogen) atoms. The molecule has 0 aliphatic heterocycles. The van der Waals surface area contributed by atoms with Gasteiger partial charge in [-0.25, -0.2) is 0 Å². The number of halogens is 1. The molecule has 2 aromatic rings. The topological polar surface area (TPSA) is 46.4 Å². The maximum Gasteiger partial charge on any atom is 0.230 e. The van der Waals surface area contributed by atoms with Crippen LogP contribution in [-0.4, -0.2) is 16.5 Å². The van der Waals surface area contributed by atoms with Crippen LogP contribution in [0.15, 0.2) is 34.6 Å². The van der Waals surface area contributed by atoms with Gasteiger partial charge in [0.05, 0.1) is 12.5 Å². The molecule has 1 aromatic heterocycles. The molecule has 6 heteroatoms. The Balaban J connectivity index is 1.66. The maximum absolute atomic E-state index is 12.2. The molecule has 0 spiro atoms. The van der Waals surface area contributed by atoms with Gasteiger partial charge in [0.15, 0.2) is 4.80 Å². The lowest BCUT2D eigenvalue weighted by Gasteiger charge is -2.06. The summed E-state index contributed by atoms with van der Waals surface area (Å²) in [5, 5.41) is 5.57. The molecule has 0 bridgehead atoms. The van der Waals surface area contributed by atoms with E-state index < -0.39 is 0 Å².